The van der Waals surface area contributed by atoms with Gasteiger partial charge in [-0.3, -0.25) is 9.59 Å². The van der Waals surface area contributed by atoms with Gasteiger partial charge in [0.05, 0.1) is 12.3 Å². The molecule has 2 aromatic rings. The van der Waals surface area contributed by atoms with Crippen LogP contribution in [-0.2, 0) is 22.6 Å². The van der Waals surface area contributed by atoms with Crippen molar-refractivity contribution in [2.45, 2.75) is 25.8 Å². The van der Waals surface area contributed by atoms with Crippen molar-refractivity contribution in [3.05, 3.63) is 65.5 Å². The van der Waals surface area contributed by atoms with E-state index in [-0.39, 0.29) is 24.1 Å². The number of amides is 1. The first-order valence-corrected chi connectivity index (χ1v) is 9.48. The Morgan fingerprint density at radius 3 is 2.54 bits per heavy atom. The number of carboxylic acids is 1. The van der Waals surface area contributed by atoms with E-state index in [2.05, 4.69) is 4.90 Å². The van der Waals surface area contributed by atoms with E-state index in [4.69, 9.17) is 5.11 Å². The Kier molecular flexibility index (Phi) is 6.29. The summed E-state index contributed by atoms with van der Waals surface area (Å²) in [7, 11) is 1.72. The van der Waals surface area contributed by atoms with Gasteiger partial charge in [0.15, 0.2) is 0 Å². The molecule has 3 rings (SSSR count). The molecule has 0 saturated carbocycles. The number of hydrogen-bond acceptors (Lipinski definition) is 3. The lowest BCUT2D eigenvalue weighted by molar-refractivity contribution is -0.142. The first kappa shape index (κ1) is 19.9. The summed E-state index contributed by atoms with van der Waals surface area (Å²) in [5.41, 5.74) is 2.42. The molecule has 0 unspecified atom stereocenters. The van der Waals surface area contributed by atoms with Crippen molar-refractivity contribution in [1.82, 2.24) is 4.90 Å². The SMILES string of the molecule is CN(Cc1cccc(N2CCC(C(=O)O)CC2)c1)C(=O)Cc1ccccc1F. The second-order valence-electron chi connectivity index (χ2n) is 7.29. The summed E-state index contributed by atoms with van der Waals surface area (Å²) in [4.78, 5) is 27.3. The summed E-state index contributed by atoms with van der Waals surface area (Å²) in [6.07, 6.45) is 1.31. The Balaban J connectivity index is 1.60. The van der Waals surface area contributed by atoms with Gasteiger partial charge in [0, 0.05) is 32.4 Å². The van der Waals surface area contributed by atoms with Crippen molar-refractivity contribution in [1.29, 1.82) is 0 Å². The van der Waals surface area contributed by atoms with E-state index in [1.165, 1.54) is 6.07 Å². The minimum atomic E-state index is -0.719. The third-order valence-corrected chi connectivity index (χ3v) is 5.26. The third-order valence-electron chi connectivity index (χ3n) is 5.26. The molecule has 1 N–H and O–H groups in total. The highest BCUT2D eigenvalue weighted by atomic mass is 19.1. The zero-order valence-corrected chi connectivity index (χ0v) is 16.0. The van der Waals surface area contributed by atoms with Gasteiger partial charge in [0.2, 0.25) is 5.91 Å². The molecule has 6 heteroatoms. The minimum Gasteiger partial charge on any atom is -0.481 e. The van der Waals surface area contributed by atoms with Crippen LogP contribution in [0, 0.1) is 11.7 Å². The summed E-state index contributed by atoms with van der Waals surface area (Å²) < 4.78 is 13.8. The molecule has 148 valence electrons. The second-order valence-corrected chi connectivity index (χ2v) is 7.29. The van der Waals surface area contributed by atoms with E-state index in [1.54, 1.807) is 30.1 Å². The van der Waals surface area contributed by atoms with Crippen LogP contribution < -0.4 is 4.90 Å². The lowest BCUT2D eigenvalue weighted by atomic mass is 9.96. The minimum absolute atomic E-state index is 0.0333. The van der Waals surface area contributed by atoms with Gasteiger partial charge >= 0.3 is 5.97 Å². The summed E-state index contributed by atoms with van der Waals surface area (Å²) in [6, 6.07) is 14.3. The van der Waals surface area contributed by atoms with Crippen LogP contribution in [-0.4, -0.2) is 42.0 Å². The van der Waals surface area contributed by atoms with Gasteiger partial charge in [-0.1, -0.05) is 30.3 Å². The fourth-order valence-electron chi connectivity index (χ4n) is 3.54. The Morgan fingerprint density at radius 1 is 1.14 bits per heavy atom. The zero-order valence-electron chi connectivity index (χ0n) is 16.0. The Hall–Kier alpha value is -2.89. The quantitative estimate of drug-likeness (QED) is 0.830. The molecule has 0 spiro atoms. The van der Waals surface area contributed by atoms with Gasteiger partial charge in [-0.05, 0) is 42.2 Å². The number of carbonyl (C=O) groups is 2. The average molecular weight is 384 g/mol. The Morgan fingerprint density at radius 2 is 1.86 bits per heavy atom. The highest BCUT2D eigenvalue weighted by Gasteiger charge is 2.24. The normalized spacial score (nSPS) is 14.7. The molecule has 28 heavy (non-hydrogen) atoms. The molecule has 0 atom stereocenters. The van der Waals surface area contributed by atoms with Gasteiger partial charge in [0.25, 0.3) is 0 Å². The smallest absolute Gasteiger partial charge is 0.306 e. The maximum Gasteiger partial charge on any atom is 0.306 e. The average Bonchev–Trinajstić information content (AvgIpc) is 2.70. The molecule has 1 fully saturated rings. The molecule has 0 aromatic heterocycles. The molecule has 5 nitrogen and oxygen atoms in total. The third kappa shape index (κ3) is 4.88. The van der Waals surface area contributed by atoms with Crippen LogP contribution >= 0.6 is 0 Å². The number of likely N-dealkylation sites (N-methyl/N-ethyl adjacent to an activating group) is 1. The van der Waals surface area contributed by atoms with Crippen molar-refractivity contribution in [3.63, 3.8) is 0 Å². The predicted molar refractivity (Wildman–Crippen MR) is 106 cm³/mol. The number of carbonyl (C=O) groups excluding carboxylic acids is 1. The summed E-state index contributed by atoms with van der Waals surface area (Å²) in [5, 5.41) is 9.13. The second kappa shape index (κ2) is 8.87. The van der Waals surface area contributed by atoms with E-state index in [9.17, 15) is 14.0 Å². The fraction of sp³-hybridized carbons (Fsp3) is 0.364. The molecule has 0 bridgehead atoms. The van der Waals surface area contributed by atoms with Crippen LogP contribution in [0.3, 0.4) is 0 Å². The van der Waals surface area contributed by atoms with E-state index < -0.39 is 5.97 Å². The van der Waals surface area contributed by atoms with Crippen LogP contribution in [0.5, 0.6) is 0 Å². The van der Waals surface area contributed by atoms with Crippen LogP contribution in [0.1, 0.15) is 24.0 Å². The van der Waals surface area contributed by atoms with Gasteiger partial charge in [0.1, 0.15) is 5.82 Å². The molecule has 1 aliphatic rings. The largest absolute Gasteiger partial charge is 0.481 e. The summed E-state index contributed by atoms with van der Waals surface area (Å²) in [6.45, 7) is 1.86. The van der Waals surface area contributed by atoms with Crippen LogP contribution in [0.2, 0.25) is 0 Å². The zero-order chi connectivity index (χ0) is 20.1. The van der Waals surface area contributed by atoms with E-state index in [0.717, 1.165) is 11.3 Å². The molecule has 1 amide bonds. The van der Waals surface area contributed by atoms with Crippen molar-refractivity contribution >= 4 is 17.6 Å². The Labute approximate surface area is 164 Å². The van der Waals surface area contributed by atoms with E-state index in [1.807, 2.05) is 24.3 Å². The van der Waals surface area contributed by atoms with Crippen molar-refractivity contribution < 1.29 is 19.1 Å². The van der Waals surface area contributed by atoms with Crippen LogP contribution in [0.25, 0.3) is 0 Å². The van der Waals surface area contributed by atoms with Crippen LogP contribution in [0.4, 0.5) is 10.1 Å². The maximum absolute atomic E-state index is 13.8. The molecule has 1 saturated heterocycles. The van der Waals surface area contributed by atoms with Crippen molar-refractivity contribution in [2.24, 2.45) is 5.92 Å². The molecule has 1 aliphatic heterocycles. The number of aliphatic carboxylic acids is 1. The Bertz CT molecular complexity index is 847. The van der Waals surface area contributed by atoms with Crippen molar-refractivity contribution in [2.75, 3.05) is 25.0 Å². The van der Waals surface area contributed by atoms with Crippen LogP contribution in [0.15, 0.2) is 48.5 Å². The van der Waals surface area contributed by atoms with Gasteiger partial charge in [-0.25, -0.2) is 4.39 Å². The summed E-state index contributed by atoms with van der Waals surface area (Å²) >= 11 is 0. The number of hydrogen-bond donors (Lipinski definition) is 1. The molecule has 0 aliphatic carbocycles. The van der Waals surface area contributed by atoms with Gasteiger partial charge in [-0.15, -0.1) is 0 Å². The highest BCUT2D eigenvalue weighted by Crippen LogP contribution is 2.24. The number of rotatable bonds is 6. The first-order chi connectivity index (χ1) is 13.4. The number of nitrogens with zero attached hydrogens (tertiary/aromatic N) is 2. The molecular weight excluding hydrogens is 359 g/mol. The number of carboxylic acid groups (broad SMARTS) is 1. The van der Waals surface area contributed by atoms with Crippen molar-refractivity contribution in [3.8, 4) is 0 Å². The lowest BCUT2D eigenvalue weighted by Gasteiger charge is -2.32. The molecule has 0 radical (unpaired) electrons. The molecular formula is C22H25FN2O3. The fourth-order valence-corrected chi connectivity index (χ4v) is 3.54. The maximum atomic E-state index is 13.8. The lowest BCUT2D eigenvalue weighted by Crippen LogP contribution is -2.36. The number of halogens is 1. The number of anilines is 1. The monoisotopic (exact) mass is 384 g/mol. The standard InChI is InChI=1S/C22H25FN2O3/c1-24(21(26)14-18-6-2-3-8-20(18)23)15-16-5-4-7-19(13-16)25-11-9-17(10-12-25)22(27)28/h2-8,13,17H,9-12,14-15H2,1H3,(H,27,28). The van der Waals surface area contributed by atoms with Gasteiger partial charge in [-0.2, -0.15) is 0 Å². The number of piperidine rings is 1. The highest BCUT2D eigenvalue weighted by molar-refractivity contribution is 5.78. The van der Waals surface area contributed by atoms with E-state index >= 15 is 0 Å². The van der Waals surface area contributed by atoms with E-state index in [0.29, 0.717) is 38.0 Å². The number of benzene rings is 2. The topological polar surface area (TPSA) is 60.9 Å². The summed E-state index contributed by atoms with van der Waals surface area (Å²) in [5.74, 6) is -1.49. The predicted octanol–water partition coefficient (Wildman–Crippen LogP) is 3.33. The van der Waals surface area contributed by atoms with Gasteiger partial charge < -0.3 is 14.9 Å². The first-order valence-electron chi connectivity index (χ1n) is 9.48. The molecule has 2 aromatic carbocycles. The molecule has 1 heterocycles.